The molecule has 0 radical (unpaired) electrons. The van der Waals surface area contributed by atoms with Gasteiger partial charge in [-0.1, -0.05) is 0 Å². The third-order valence-corrected chi connectivity index (χ3v) is 24.1. The molecule has 1 saturated heterocycles. The number of esters is 9. The normalized spacial score (nSPS) is 12.0. The van der Waals surface area contributed by atoms with Crippen molar-refractivity contribution in [2.75, 3.05) is 237 Å². The number of rotatable bonds is 69. The molecular formula is C63H105N3O24S12. The largest absolute Gasteiger partial charge is 0.465 e. The summed E-state index contributed by atoms with van der Waals surface area (Å²) in [6, 6.07) is 0. The average molecular weight is 1670 g/mol. The van der Waals surface area contributed by atoms with E-state index in [9.17, 15) is 57.5 Å². The second kappa shape index (κ2) is 71.6. The number of carbonyl (C=O) groups is 12. The Morgan fingerprint density at radius 3 is 0.461 bits per heavy atom. The van der Waals surface area contributed by atoms with Gasteiger partial charge in [0.15, 0.2) is 0 Å². The van der Waals surface area contributed by atoms with E-state index >= 15 is 0 Å². The second-order valence-electron chi connectivity index (χ2n) is 20.7. The lowest BCUT2D eigenvalue weighted by Gasteiger charge is -2.42. The highest BCUT2D eigenvalue weighted by Gasteiger charge is 2.31. The maximum Gasteiger partial charge on any atom is 0.306 e. The molecule has 3 amide bonds. The van der Waals surface area contributed by atoms with Crippen molar-refractivity contribution in [2.24, 2.45) is 0 Å². The zero-order chi connectivity index (χ0) is 74.6. The van der Waals surface area contributed by atoms with E-state index in [1.54, 1.807) is 0 Å². The van der Waals surface area contributed by atoms with Crippen molar-refractivity contribution in [1.29, 1.82) is 0 Å². The Kier molecular flexibility index (Phi) is 68.6. The molecule has 0 aromatic carbocycles. The lowest BCUT2D eigenvalue weighted by Crippen LogP contribution is -2.59. The third kappa shape index (κ3) is 62.7. The van der Waals surface area contributed by atoms with Gasteiger partial charge >= 0.3 is 53.7 Å². The molecule has 39 heteroatoms. The third-order valence-electron chi connectivity index (χ3n) is 12.6. The van der Waals surface area contributed by atoms with E-state index in [4.69, 9.17) is 58.0 Å². The molecule has 0 saturated carbocycles. The molecule has 0 aliphatic carbocycles. The van der Waals surface area contributed by atoms with Gasteiger partial charge < -0.3 is 72.7 Å². The van der Waals surface area contributed by atoms with Crippen molar-refractivity contribution in [1.82, 2.24) is 14.7 Å². The summed E-state index contributed by atoms with van der Waals surface area (Å²) in [6.45, 7) is 2.01. The Hall–Kier alpha value is -2.28. The minimum Gasteiger partial charge on any atom is -0.465 e. The predicted octanol–water partition coefficient (Wildman–Crippen LogP) is 5.70. The summed E-state index contributed by atoms with van der Waals surface area (Å²) in [4.78, 5) is 154. The van der Waals surface area contributed by atoms with Gasteiger partial charge in [-0.15, -0.1) is 0 Å². The van der Waals surface area contributed by atoms with Crippen molar-refractivity contribution < 1.29 is 115 Å². The van der Waals surface area contributed by atoms with Gasteiger partial charge in [0.05, 0.1) is 97.6 Å². The zero-order valence-electron chi connectivity index (χ0n) is 58.2. The summed E-state index contributed by atoms with van der Waals surface area (Å²) < 4.78 is 47.4. The molecule has 0 bridgehead atoms. The fraction of sp³-hybridized carbons (Fsp3) is 0.810. The summed E-state index contributed by atoms with van der Waals surface area (Å²) in [7, 11) is 0. The number of thioether (sulfide) groups is 12. The van der Waals surface area contributed by atoms with Gasteiger partial charge in [-0.25, -0.2) is 0 Å². The number of aliphatic hydroxyl groups excluding tert-OH is 3. The van der Waals surface area contributed by atoms with Crippen molar-refractivity contribution in [2.45, 2.75) is 77.0 Å². The summed E-state index contributed by atoms with van der Waals surface area (Å²) in [6.07, 6.45) is 2.38. The van der Waals surface area contributed by atoms with Gasteiger partial charge in [0.25, 0.3) is 0 Å². The molecule has 1 rings (SSSR count). The highest BCUT2D eigenvalue weighted by Crippen LogP contribution is 2.18. The van der Waals surface area contributed by atoms with E-state index in [1.165, 1.54) is 156 Å². The van der Waals surface area contributed by atoms with Gasteiger partial charge in [0, 0.05) is 157 Å². The smallest absolute Gasteiger partial charge is 0.306 e. The molecule has 0 atom stereocenters. The molecule has 588 valence electrons. The van der Waals surface area contributed by atoms with Crippen LogP contribution < -0.4 is 0 Å². The number of hydrogen-bond donors (Lipinski definition) is 3. The molecule has 0 spiro atoms. The fourth-order valence-corrected chi connectivity index (χ4v) is 16.0. The van der Waals surface area contributed by atoms with Crippen molar-refractivity contribution in [3.63, 3.8) is 0 Å². The van der Waals surface area contributed by atoms with E-state index in [0.717, 1.165) is 0 Å². The quantitative estimate of drug-likeness (QED) is 0.0373. The molecular weight excluding hydrogens is 1570 g/mol. The van der Waals surface area contributed by atoms with Crippen LogP contribution in [0.1, 0.15) is 77.0 Å². The monoisotopic (exact) mass is 1670 g/mol. The first-order chi connectivity index (χ1) is 49.6. The number of amides is 3. The minimum absolute atomic E-state index is 0.0141. The highest BCUT2D eigenvalue weighted by molar-refractivity contribution is 8.01. The SMILES string of the molecule is O=C(CCSCCO)OCCSCCC(=O)OCCSCCC(=O)OCCSCCC(=O)N1CN(C(=O)CCSCCOC(=O)CCSCCOC(=O)CCSCCOC(=O)CCSCCO)CN(C(=O)CCSCCOC(=O)CCSCCOC(=O)CCSCCOC(=O)CCSCCO)C1. The zero-order valence-corrected chi connectivity index (χ0v) is 68.0. The lowest BCUT2D eigenvalue weighted by molar-refractivity contribution is -0.158. The maximum atomic E-state index is 13.6. The van der Waals surface area contributed by atoms with E-state index < -0.39 is 0 Å². The second-order valence-corrected chi connectivity index (χ2v) is 35.4. The summed E-state index contributed by atoms with van der Waals surface area (Å²) >= 11 is 17.5. The van der Waals surface area contributed by atoms with Crippen LogP contribution in [0, 0.1) is 0 Å². The number of aliphatic hydroxyl groups is 3. The molecule has 1 aliphatic heterocycles. The van der Waals surface area contributed by atoms with Crippen LogP contribution in [-0.4, -0.2) is 339 Å². The fourth-order valence-electron chi connectivity index (χ4n) is 7.58. The molecule has 3 N–H and O–H groups in total. The van der Waals surface area contributed by atoms with Gasteiger partial charge in [0.2, 0.25) is 17.7 Å². The molecule has 1 fully saturated rings. The van der Waals surface area contributed by atoms with E-state index in [-0.39, 0.29) is 248 Å². The Morgan fingerprint density at radius 2 is 0.324 bits per heavy atom. The first-order valence-corrected chi connectivity index (χ1v) is 47.4. The van der Waals surface area contributed by atoms with Gasteiger partial charge in [-0.3, -0.25) is 57.5 Å². The molecule has 0 aromatic heterocycles. The number of carbonyl (C=O) groups excluding carboxylic acids is 12. The minimum atomic E-state index is -0.373. The van der Waals surface area contributed by atoms with Crippen LogP contribution in [-0.2, 0) is 100 Å². The Balaban J connectivity index is 2.45. The molecule has 1 aliphatic rings. The van der Waals surface area contributed by atoms with Crippen LogP contribution in [0.3, 0.4) is 0 Å². The first-order valence-electron chi connectivity index (χ1n) is 33.6. The predicted molar refractivity (Wildman–Crippen MR) is 418 cm³/mol. The Labute approximate surface area is 651 Å². The Bertz CT molecular complexity index is 2070. The van der Waals surface area contributed by atoms with Crippen molar-refractivity contribution in [3.05, 3.63) is 0 Å². The summed E-state index contributed by atoms with van der Waals surface area (Å²) in [5.41, 5.74) is 0. The average Bonchev–Trinajstić information content (AvgIpc) is 0.830. The molecule has 0 unspecified atom stereocenters. The lowest BCUT2D eigenvalue weighted by atomic mass is 10.3. The number of hydrogen-bond acceptors (Lipinski definition) is 36. The van der Waals surface area contributed by atoms with Crippen LogP contribution in [0.4, 0.5) is 0 Å². The maximum absolute atomic E-state index is 13.6. The number of nitrogens with zero attached hydrogens (tertiary/aromatic N) is 3. The van der Waals surface area contributed by atoms with E-state index in [0.29, 0.717) is 138 Å². The van der Waals surface area contributed by atoms with Crippen LogP contribution >= 0.6 is 141 Å². The van der Waals surface area contributed by atoms with Crippen molar-refractivity contribution >= 4 is 213 Å². The summed E-state index contributed by atoms with van der Waals surface area (Å²) in [5, 5.41) is 26.4. The van der Waals surface area contributed by atoms with Crippen LogP contribution in [0.15, 0.2) is 0 Å². The van der Waals surface area contributed by atoms with Crippen LogP contribution in [0.25, 0.3) is 0 Å². The van der Waals surface area contributed by atoms with Crippen LogP contribution in [0.5, 0.6) is 0 Å². The topological polar surface area (TPSA) is 358 Å². The standard InChI is InChI=1S/C63H105N3O24S12/c67-13-37-91-28-4-55(73)85-19-43-97-34-10-61(79)88-22-46-100-31-7-58(76)82-16-40-94-25-1-52(70)64-49-65(53(71)2-26-95-41-17-83-59(77)8-32-101-47-23-89-62(80)11-35-98-44-20-86-56(74)5-29-92-38-14-68)51-66(50-64)54(72)3-27-96-42-18-84-60(78)9-33-102-48-24-90-63(81)12-36-99-45-21-87-57(75)6-30-93-39-15-69/h67-69H,1-51H2. The van der Waals surface area contributed by atoms with E-state index in [1.807, 2.05) is 0 Å². The molecule has 1 heterocycles. The molecule has 0 aromatic rings. The number of ether oxygens (including phenoxy) is 9. The Morgan fingerprint density at radius 1 is 0.196 bits per heavy atom. The van der Waals surface area contributed by atoms with Crippen molar-refractivity contribution in [3.8, 4) is 0 Å². The van der Waals surface area contributed by atoms with Gasteiger partial charge in [-0.2, -0.15) is 141 Å². The van der Waals surface area contributed by atoms with Crippen LogP contribution in [0.2, 0.25) is 0 Å². The highest BCUT2D eigenvalue weighted by atomic mass is 32.2. The molecule has 27 nitrogen and oxygen atoms in total. The summed E-state index contributed by atoms with van der Waals surface area (Å²) in [5.74, 6) is 8.61. The van der Waals surface area contributed by atoms with E-state index in [2.05, 4.69) is 0 Å². The van der Waals surface area contributed by atoms with Gasteiger partial charge in [0.1, 0.15) is 59.5 Å². The first kappa shape index (κ1) is 97.7. The molecule has 102 heavy (non-hydrogen) atoms. The van der Waals surface area contributed by atoms with Gasteiger partial charge in [-0.05, 0) is 0 Å².